The number of hydrogen-bond donors (Lipinski definition) is 1. The molecule has 1 N–H and O–H groups in total. The first-order valence-electron chi connectivity index (χ1n) is 8.86. The minimum absolute atomic E-state index is 0.0318. The third-order valence-corrected chi connectivity index (χ3v) is 4.51. The van der Waals surface area contributed by atoms with Crippen LogP contribution < -0.4 is 15.0 Å². The molecule has 1 aliphatic rings. The van der Waals surface area contributed by atoms with Crippen molar-refractivity contribution in [3.05, 3.63) is 53.1 Å². The highest BCUT2D eigenvalue weighted by molar-refractivity contribution is 6.06. The molecule has 27 heavy (non-hydrogen) atoms. The lowest BCUT2D eigenvalue weighted by molar-refractivity contribution is -0.123. The lowest BCUT2D eigenvalue weighted by Gasteiger charge is -2.29. The van der Waals surface area contributed by atoms with Crippen molar-refractivity contribution >= 4 is 29.0 Å². The molecule has 3 rings (SSSR count). The number of fused-ring (bicyclic) bond motifs is 1. The molecule has 140 valence electrons. The Balaban J connectivity index is 1.84. The summed E-state index contributed by atoms with van der Waals surface area (Å²) in [4.78, 5) is 38.3. The topological polar surface area (TPSA) is 75.7 Å². The molecule has 1 aliphatic heterocycles. The molecule has 0 saturated carbocycles. The zero-order valence-corrected chi connectivity index (χ0v) is 15.7. The molecule has 0 unspecified atom stereocenters. The second kappa shape index (κ2) is 7.61. The Kier molecular flexibility index (Phi) is 5.26. The maximum absolute atomic E-state index is 12.6. The van der Waals surface area contributed by atoms with Crippen molar-refractivity contribution in [1.82, 2.24) is 0 Å². The van der Waals surface area contributed by atoms with E-state index in [9.17, 15) is 14.4 Å². The maximum Gasteiger partial charge on any atom is 0.265 e. The predicted octanol–water partition coefficient (Wildman–Crippen LogP) is 3.26. The SMILES string of the molecule is CCC(=O)c1ccc2c(c1)N(CC(=O)Nc1cc(C)ccc1C)C(=O)CO2. The average Bonchev–Trinajstić information content (AvgIpc) is 2.66. The van der Waals surface area contributed by atoms with Crippen LogP contribution in [-0.4, -0.2) is 30.7 Å². The van der Waals surface area contributed by atoms with E-state index in [0.29, 0.717) is 23.4 Å². The molecule has 0 radical (unpaired) electrons. The van der Waals surface area contributed by atoms with E-state index in [2.05, 4.69) is 5.32 Å². The first kappa shape index (κ1) is 18.6. The molecule has 0 spiro atoms. The normalized spacial score (nSPS) is 13.0. The Bertz CT molecular complexity index is 920. The van der Waals surface area contributed by atoms with Crippen LogP contribution in [0, 0.1) is 13.8 Å². The summed E-state index contributed by atoms with van der Waals surface area (Å²) in [5, 5.41) is 2.86. The molecule has 0 bridgehead atoms. The second-order valence-corrected chi connectivity index (χ2v) is 6.59. The van der Waals surface area contributed by atoms with E-state index < -0.39 is 0 Å². The molecule has 0 atom stereocenters. The summed E-state index contributed by atoms with van der Waals surface area (Å²) in [5.74, 6) is -0.172. The van der Waals surface area contributed by atoms with Crippen LogP contribution in [0.3, 0.4) is 0 Å². The smallest absolute Gasteiger partial charge is 0.265 e. The molecule has 1 heterocycles. The minimum atomic E-state index is -0.320. The summed E-state index contributed by atoms with van der Waals surface area (Å²) in [6.45, 7) is 5.35. The van der Waals surface area contributed by atoms with Crippen LogP contribution >= 0.6 is 0 Å². The van der Waals surface area contributed by atoms with Gasteiger partial charge < -0.3 is 10.1 Å². The first-order valence-corrected chi connectivity index (χ1v) is 8.86. The molecule has 2 aromatic rings. The van der Waals surface area contributed by atoms with Gasteiger partial charge in [-0.2, -0.15) is 0 Å². The number of nitrogens with one attached hydrogen (secondary N) is 1. The summed E-state index contributed by atoms with van der Waals surface area (Å²) >= 11 is 0. The third-order valence-electron chi connectivity index (χ3n) is 4.51. The van der Waals surface area contributed by atoms with Crippen LogP contribution in [0.5, 0.6) is 5.75 Å². The zero-order valence-electron chi connectivity index (χ0n) is 15.7. The Morgan fingerprint density at radius 3 is 2.67 bits per heavy atom. The van der Waals surface area contributed by atoms with Gasteiger partial charge in [0.05, 0.1) is 5.69 Å². The first-order chi connectivity index (χ1) is 12.9. The van der Waals surface area contributed by atoms with Crippen LogP contribution in [0.1, 0.15) is 34.8 Å². The molecule has 0 saturated heterocycles. The highest BCUT2D eigenvalue weighted by Gasteiger charge is 2.28. The highest BCUT2D eigenvalue weighted by Crippen LogP contribution is 2.33. The number of hydrogen-bond acceptors (Lipinski definition) is 4. The summed E-state index contributed by atoms with van der Waals surface area (Å²) in [5.41, 5.74) is 3.64. The third kappa shape index (κ3) is 4.00. The van der Waals surface area contributed by atoms with Gasteiger partial charge >= 0.3 is 0 Å². The molecule has 0 aromatic heterocycles. The number of anilines is 2. The monoisotopic (exact) mass is 366 g/mol. The summed E-state index contributed by atoms with van der Waals surface area (Å²) in [6.07, 6.45) is 0.362. The fraction of sp³-hybridized carbons (Fsp3) is 0.286. The van der Waals surface area contributed by atoms with E-state index in [0.717, 1.165) is 16.8 Å². The standard InChI is InChI=1S/C21H22N2O4/c1-4-18(24)15-7-8-19-17(10-15)23(21(26)12-27-19)11-20(25)22-16-9-13(2)5-6-14(16)3/h5-10H,4,11-12H2,1-3H3,(H,22,25). The van der Waals surface area contributed by atoms with Gasteiger partial charge in [0, 0.05) is 17.7 Å². The lowest BCUT2D eigenvalue weighted by atomic mass is 10.1. The fourth-order valence-electron chi connectivity index (χ4n) is 2.96. The van der Waals surface area contributed by atoms with Crippen molar-refractivity contribution in [3.63, 3.8) is 0 Å². The summed E-state index contributed by atoms with van der Waals surface area (Å²) in [6, 6.07) is 10.8. The lowest BCUT2D eigenvalue weighted by Crippen LogP contribution is -2.43. The van der Waals surface area contributed by atoms with Crippen molar-refractivity contribution in [2.24, 2.45) is 0 Å². The average molecular weight is 366 g/mol. The van der Waals surface area contributed by atoms with Crippen LogP contribution in [0.2, 0.25) is 0 Å². The molecule has 6 nitrogen and oxygen atoms in total. The van der Waals surface area contributed by atoms with Gasteiger partial charge in [0.15, 0.2) is 12.4 Å². The second-order valence-electron chi connectivity index (χ2n) is 6.59. The number of carbonyl (C=O) groups is 3. The molecular weight excluding hydrogens is 344 g/mol. The van der Waals surface area contributed by atoms with Gasteiger partial charge in [-0.25, -0.2) is 0 Å². The Morgan fingerprint density at radius 1 is 1.15 bits per heavy atom. The molecular formula is C21H22N2O4. The van der Waals surface area contributed by atoms with Crippen LogP contribution in [0.25, 0.3) is 0 Å². The Morgan fingerprint density at radius 2 is 1.93 bits per heavy atom. The van der Waals surface area contributed by atoms with Gasteiger partial charge in [0.2, 0.25) is 5.91 Å². The number of nitrogens with zero attached hydrogens (tertiary/aromatic N) is 1. The predicted molar refractivity (Wildman–Crippen MR) is 103 cm³/mol. The number of aryl methyl sites for hydroxylation is 2. The highest BCUT2D eigenvalue weighted by atomic mass is 16.5. The number of ketones is 1. The van der Waals surface area contributed by atoms with Gasteiger partial charge in [-0.05, 0) is 49.2 Å². The van der Waals surface area contributed by atoms with E-state index in [-0.39, 0.29) is 30.7 Å². The van der Waals surface area contributed by atoms with Crippen molar-refractivity contribution in [2.45, 2.75) is 27.2 Å². The minimum Gasteiger partial charge on any atom is -0.482 e. The van der Waals surface area contributed by atoms with E-state index in [1.807, 2.05) is 32.0 Å². The molecule has 6 heteroatoms. The maximum atomic E-state index is 12.6. The summed E-state index contributed by atoms with van der Waals surface area (Å²) < 4.78 is 5.43. The number of benzene rings is 2. The van der Waals surface area contributed by atoms with Gasteiger partial charge in [0.25, 0.3) is 5.91 Å². The van der Waals surface area contributed by atoms with Crippen molar-refractivity contribution in [1.29, 1.82) is 0 Å². The van der Waals surface area contributed by atoms with E-state index in [1.165, 1.54) is 4.90 Å². The van der Waals surface area contributed by atoms with Crippen molar-refractivity contribution in [2.75, 3.05) is 23.4 Å². The van der Waals surface area contributed by atoms with E-state index >= 15 is 0 Å². The Hall–Kier alpha value is -3.15. The summed E-state index contributed by atoms with van der Waals surface area (Å²) in [7, 11) is 0. The van der Waals surface area contributed by atoms with Crippen LogP contribution in [-0.2, 0) is 9.59 Å². The zero-order chi connectivity index (χ0) is 19.6. The van der Waals surface area contributed by atoms with Gasteiger partial charge in [0.1, 0.15) is 12.3 Å². The molecule has 0 aliphatic carbocycles. The molecule has 2 amide bonds. The van der Waals surface area contributed by atoms with Gasteiger partial charge in [-0.3, -0.25) is 19.3 Å². The Labute approximate surface area is 158 Å². The van der Waals surface area contributed by atoms with Gasteiger partial charge in [-0.15, -0.1) is 0 Å². The van der Waals surface area contributed by atoms with E-state index in [1.54, 1.807) is 25.1 Å². The largest absolute Gasteiger partial charge is 0.482 e. The number of amides is 2. The number of carbonyl (C=O) groups excluding carboxylic acids is 3. The number of rotatable bonds is 5. The molecule has 0 fully saturated rings. The van der Waals surface area contributed by atoms with Gasteiger partial charge in [-0.1, -0.05) is 19.1 Å². The fourth-order valence-corrected chi connectivity index (χ4v) is 2.96. The number of Topliss-reactive ketones (excluding diaryl/α,β-unsaturated/α-hetero) is 1. The van der Waals surface area contributed by atoms with Crippen LogP contribution in [0.4, 0.5) is 11.4 Å². The molecule has 2 aromatic carbocycles. The van der Waals surface area contributed by atoms with Crippen molar-refractivity contribution < 1.29 is 19.1 Å². The quantitative estimate of drug-likeness (QED) is 0.824. The number of ether oxygens (including phenoxy) is 1. The van der Waals surface area contributed by atoms with Crippen LogP contribution in [0.15, 0.2) is 36.4 Å². The van der Waals surface area contributed by atoms with Crippen molar-refractivity contribution in [3.8, 4) is 5.75 Å². The van der Waals surface area contributed by atoms with E-state index in [4.69, 9.17) is 4.74 Å².